The van der Waals surface area contributed by atoms with E-state index in [1.165, 1.54) is 12.5 Å². The summed E-state index contributed by atoms with van der Waals surface area (Å²) in [7, 11) is 0. The number of carboxylic acids is 1. The average Bonchev–Trinajstić information content (AvgIpc) is 3.91. The maximum absolute atomic E-state index is 14.5. The number of carbonyl (C=O) groups is 9. The molecule has 1 heterocycles. The van der Waals surface area contributed by atoms with E-state index in [0.29, 0.717) is 24.1 Å². The highest BCUT2D eigenvalue weighted by atomic mass is 16.4. The molecule has 0 saturated carbocycles. The van der Waals surface area contributed by atoms with Crippen LogP contribution >= 0.6 is 0 Å². The van der Waals surface area contributed by atoms with Gasteiger partial charge in [-0.05, 0) is 60.8 Å². The number of hydrogen-bond donors (Lipinski definition) is 15. The number of aliphatic imine (C=N–C) groups is 2. The summed E-state index contributed by atoms with van der Waals surface area (Å²) in [6.07, 6.45) is 3.93. The van der Waals surface area contributed by atoms with Crippen molar-refractivity contribution < 1.29 is 48.3 Å². The quantitative estimate of drug-likeness (QED) is 0.0207. The molecule has 0 saturated heterocycles. The largest absolute Gasteiger partial charge is 0.480 e. The van der Waals surface area contributed by atoms with E-state index in [2.05, 4.69) is 62.5 Å². The monoisotopic (exact) mass is 1120 g/mol. The molecule has 0 radical (unpaired) electrons. The smallest absolute Gasteiger partial charge is 0.326 e. The zero-order chi connectivity index (χ0) is 60.4. The van der Waals surface area contributed by atoms with Gasteiger partial charge in [-0.15, -0.1) is 0 Å². The Morgan fingerprint density at radius 2 is 0.912 bits per heavy atom. The molecule has 0 aliphatic rings. The minimum atomic E-state index is -1.34. The fourth-order valence-electron chi connectivity index (χ4n) is 8.18. The van der Waals surface area contributed by atoms with Gasteiger partial charge in [0.25, 0.3) is 0 Å². The molecule has 2 rings (SSSR count). The van der Waals surface area contributed by atoms with Crippen molar-refractivity contribution in [2.45, 2.75) is 169 Å². The molecular weight excluding hydrogens is 1030 g/mol. The van der Waals surface area contributed by atoms with Crippen molar-refractivity contribution in [2.75, 3.05) is 13.1 Å². The van der Waals surface area contributed by atoms with Crippen molar-refractivity contribution in [1.29, 1.82) is 0 Å². The van der Waals surface area contributed by atoms with Crippen LogP contribution in [0, 0.1) is 29.6 Å². The lowest BCUT2D eigenvalue weighted by atomic mass is 9.97. The van der Waals surface area contributed by atoms with Gasteiger partial charge in [-0.1, -0.05) is 106 Å². The van der Waals surface area contributed by atoms with E-state index in [1.807, 2.05) is 0 Å². The van der Waals surface area contributed by atoms with Crippen LogP contribution in [0.1, 0.15) is 113 Å². The Labute approximate surface area is 468 Å². The maximum atomic E-state index is 14.5. The van der Waals surface area contributed by atoms with Gasteiger partial charge in [0, 0.05) is 37.8 Å². The SMILES string of the molecule is CC[C@H](C)[C@H](NC(=O)[C@H](Cc1cnc[nH]1)NC(=O)[C@@H](NC(=O)[C@@H](NC(=O)[C@H](Cc1ccccc1)NC(=O)[C@@H](NC(=O)[C@H](CCCN=C(N)N)NC(=O)[C@@H](NC(=O)[C@@H](N)CCCN=C(N)N)C(C)C)C(C)C)C(C)C)C(C)C)C(=O)O. The summed E-state index contributed by atoms with van der Waals surface area (Å²) < 4.78 is 0. The summed E-state index contributed by atoms with van der Waals surface area (Å²) in [5, 5.41) is 31.5. The number of aromatic nitrogens is 2. The van der Waals surface area contributed by atoms with Crippen molar-refractivity contribution in [3.05, 3.63) is 54.1 Å². The molecule has 10 atom stereocenters. The fourth-order valence-corrected chi connectivity index (χ4v) is 8.18. The topological polar surface area (TPSA) is 454 Å². The van der Waals surface area contributed by atoms with Crippen LogP contribution in [0.4, 0.5) is 0 Å². The van der Waals surface area contributed by atoms with Crippen molar-refractivity contribution in [3.8, 4) is 0 Å². The number of guanidine groups is 2. The molecule has 20 N–H and O–H groups in total. The van der Waals surface area contributed by atoms with Gasteiger partial charge in [-0.2, -0.15) is 0 Å². The number of amides is 8. The Hall–Kier alpha value is -7.84. The molecule has 27 nitrogen and oxygen atoms in total. The van der Waals surface area contributed by atoms with E-state index in [1.54, 1.807) is 99.6 Å². The molecule has 0 aliphatic carbocycles. The van der Waals surface area contributed by atoms with Gasteiger partial charge in [-0.25, -0.2) is 9.78 Å². The molecule has 2 aromatic rings. The minimum absolute atomic E-state index is 0.00638. The first-order valence-electron chi connectivity index (χ1n) is 27.1. The van der Waals surface area contributed by atoms with Crippen LogP contribution < -0.4 is 71.2 Å². The molecule has 0 spiro atoms. The number of aliphatic carboxylic acids is 1. The van der Waals surface area contributed by atoms with Crippen molar-refractivity contribution in [3.63, 3.8) is 0 Å². The summed E-state index contributed by atoms with van der Waals surface area (Å²) in [4.78, 5) is 139. The highest BCUT2D eigenvalue weighted by Crippen LogP contribution is 2.14. The van der Waals surface area contributed by atoms with Gasteiger partial charge < -0.3 is 81.3 Å². The van der Waals surface area contributed by atoms with E-state index in [9.17, 15) is 48.3 Å². The Kier molecular flexibility index (Phi) is 29.2. The first-order valence-corrected chi connectivity index (χ1v) is 27.1. The highest BCUT2D eigenvalue weighted by molar-refractivity contribution is 5.98. The Morgan fingerprint density at radius 1 is 0.525 bits per heavy atom. The fraction of sp³-hybridized carbons (Fsp3) is 0.623. The first kappa shape index (κ1) is 68.3. The van der Waals surface area contributed by atoms with Gasteiger partial charge in [0.15, 0.2) is 11.9 Å². The van der Waals surface area contributed by atoms with E-state index in [-0.39, 0.29) is 57.1 Å². The Morgan fingerprint density at radius 3 is 1.32 bits per heavy atom. The van der Waals surface area contributed by atoms with Crippen molar-refractivity contribution in [2.24, 2.45) is 68.2 Å². The van der Waals surface area contributed by atoms with Crippen LogP contribution in [-0.2, 0) is 56.0 Å². The van der Waals surface area contributed by atoms with Crippen LogP contribution in [0.15, 0.2) is 52.8 Å². The summed E-state index contributed by atoms with van der Waals surface area (Å²) >= 11 is 0. The van der Waals surface area contributed by atoms with Crippen molar-refractivity contribution in [1.82, 2.24) is 52.5 Å². The van der Waals surface area contributed by atoms with Crippen LogP contribution in [-0.4, -0.2) is 148 Å². The lowest BCUT2D eigenvalue weighted by Crippen LogP contribution is -2.62. The molecule has 0 unspecified atom stereocenters. The molecule has 80 heavy (non-hydrogen) atoms. The third-order valence-corrected chi connectivity index (χ3v) is 13.2. The van der Waals surface area contributed by atoms with E-state index in [0.717, 1.165) is 0 Å². The molecule has 1 aromatic carbocycles. The lowest BCUT2D eigenvalue weighted by Gasteiger charge is -2.31. The second kappa shape index (κ2) is 34.2. The lowest BCUT2D eigenvalue weighted by molar-refractivity contribution is -0.144. The minimum Gasteiger partial charge on any atom is -0.480 e. The molecule has 1 aromatic heterocycles. The normalized spacial score (nSPS) is 15.0. The number of hydrogen-bond acceptors (Lipinski definition) is 13. The summed E-state index contributed by atoms with van der Waals surface area (Å²) in [6.45, 7) is 17.2. The van der Waals surface area contributed by atoms with Gasteiger partial charge >= 0.3 is 5.97 Å². The second-order valence-electron chi connectivity index (χ2n) is 21.3. The third kappa shape index (κ3) is 23.6. The Bertz CT molecular complexity index is 2390. The zero-order valence-corrected chi connectivity index (χ0v) is 47.8. The number of nitrogens with one attached hydrogen (secondary N) is 9. The average molecular weight is 1120 g/mol. The molecule has 446 valence electrons. The molecule has 0 aliphatic heterocycles. The molecule has 8 amide bonds. The second-order valence-corrected chi connectivity index (χ2v) is 21.3. The maximum Gasteiger partial charge on any atom is 0.326 e. The predicted octanol–water partition coefficient (Wildman–Crippen LogP) is -1.74. The number of imidazole rings is 1. The number of carbonyl (C=O) groups excluding carboxylic acids is 8. The van der Waals surface area contributed by atoms with E-state index < -0.39 is 137 Å². The number of benzene rings is 1. The van der Waals surface area contributed by atoms with Crippen LogP contribution in [0.5, 0.6) is 0 Å². The van der Waals surface area contributed by atoms with Gasteiger partial charge in [0.1, 0.15) is 48.3 Å². The molecule has 0 bridgehead atoms. The number of nitrogens with zero attached hydrogens (tertiary/aromatic N) is 3. The van der Waals surface area contributed by atoms with Crippen LogP contribution in [0.25, 0.3) is 0 Å². The zero-order valence-electron chi connectivity index (χ0n) is 47.8. The van der Waals surface area contributed by atoms with Gasteiger partial charge in [-0.3, -0.25) is 48.3 Å². The number of nitrogens with two attached hydrogens (primary N) is 5. The van der Waals surface area contributed by atoms with E-state index in [4.69, 9.17) is 28.7 Å². The van der Waals surface area contributed by atoms with E-state index >= 15 is 0 Å². The summed E-state index contributed by atoms with van der Waals surface area (Å²) in [6, 6.07) is -2.39. The highest BCUT2D eigenvalue weighted by Gasteiger charge is 2.38. The standard InChI is InChI=1S/C53H89N17O10/c1-11-31(10)42(51(79)80)70-46(74)37(24-33-25-59-26-62-33)65-49(77)40(29(6)7)69-50(78)41(30(8)9)68-45(73)36(23-32-17-13-12-14-18-32)64-48(76)39(28(4)5)67-44(72)35(20-16-22-61-53(57)58)63-47(75)38(27(2)3)66-43(71)34(54)19-15-21-60-52(55)56/h12-14,17-18,25-31,34-42H,11,15-16,19-24,54H2,1-10H3,(H,59,62)(H,63,75)(H,64,76)(H,65,77)(H,66,71)(H,67,72)(H,68,73)(H,69,78)(H,70,74)(H,79,80)(H4,55,56,60)(H4,57,58,61)/t31-,34-,35-,36-,37-,38-,39-,40-,41-,42-/m0/s1. The number of carboxylic acid groups (broad SMARTS) is 1. The van der Waals surface area contributed by atoms with Crippen LogP contribution in [0.2, 0.25) is 0 Å². The summed E-state index contributed by atoms with van der Waals surface area (Å²) in [5.41, 5.74) is 29.0. The first-order chi connectivity index (χ1) is 37.6. The third-order valence-electron chi connectivity index (χ3n) is 13.2. The van der Waals surface area contributed by atoms with Crippen molar-refractivity contribution >= 4 is 65.1 Å². The van der Waals surface area contributed by atoms with Crippen LogP contribution in [0.3, 0.4) is 0 Å². The molecular formula is C53H89N17O10. The number of rotatable bonds is 35. The van der Waals surface area contributed by atoms with Gasteiger partial charge in [0.2, 0.25) is 47.3 Å². The Balaban J connectivity index is 2.43. The predicted molar refractivity (Wildman–Crippen MR) is 302 cm³/mol. The number of H-pyrrole nitrogens is 1. The molecule has 27 heteroatoms. The summed E-state index contributed by atoms with van der Waals surface area (Å²) in [5.74, 6) is -10.1. The van der Waals surface area contributed by atoms with Gasteiger partial charge in [0.05, 0.1) is 12.4 Å². The number of aromatic amines is 1. The molecule has 0 fully saturated rings.